The van der Waals surface area contributed by atoms with Gasteiger partial charge in [0.1, 0.15) is 12.4 Å². The largest absolute Gasteiger partial charge is 0.469 e. The van der Waals surface area contributed by atoms with Gasteiger partial charge in [0.2, 0.25) is 0 Å². The Kier molecular flexibility index (Phi) is 7.18. The first kappa shape index (κ1) is 31.2. The molecule has 1 aromatic rings. The number of ketones is 2. The third-order valence-corrected chi connectivity index (χ3v) is 14.2. The SMILES string of the molecule is COC(=O)[C@]12CCC(C)(C)CC1C1C(=O)C=C3[C@@]4(C)CCC(=O)[C@@H](C)C4(C(=O)OCc4ccccc4)CC[C@@]3(C)[C@]1(C)CC2. The average Bonchev–Trinajstić information content (AvgIpc) is 2.99. The van der Waals surface area contributed by atoms with Crippen molar-refractivity contribution >= 4 is 23.5 Å². The van der Waals surface area contributed by atoms with E-state index in [0.717, 1.165) is 36.8 Å². The number of ether oxygens (including phenoxy) is 2. The lowest BCUT2D eigenvalue weighted by atomic mass is 9.32. The molecule has 44 heavy (non-hydrogen) atoms. The second-order valence-corrected chi connectivity index (χ2v) is 16.4. The molecule has 6 nitrogen and oxygen atoms in total. The first-order valence-electron chi connectivity index (χ1n) is 16.7. The Morgan fingerprint density at radius 3 is 2.20 bits per heavy atom. The molecule has 0 aliphatic heterocycles. The van der Waals surface area contributed by atoms with E-state index >= 15 is 0 Å². The van der Waals surface area contributed by atoms with Crippen LogP contribution in [0.1, 0.15) is 105 Å². The zero-order valence-corrected chi connectivity index (χ0v) is 27.7. The number of benzene rings is 1. The Bertz CT molecular complexity index is 1430. The predicted molar refractivity (Wildman–Crippen MR) is 167 cm³/mol. The van der Waals surface area contributed by atoms with Crippen molar-refractivity contribution in [1.82, 2.24) is 0 Å². The van der Waals surface area contributed by atoms with E-state index in [1.807, 2.05) is 43.3 Å². The van der Waals surface area contributed by atoms with Crippen molar-refractivity contribution in [3.8, 4) is 0 Å². The highest BCUT2D eigenvalue weighted by Gasteiger charge is 2.74. The highest BCUT2D eigenvalue weighted by molar-refractivity contribution is 5.98. The fraction of sp³-hybridized carbons (Fsp3) is 0.684. The Balaban J connectivity index is 1.45. The van der Waals surface area contributed by atoms with Gasteiger partial charge in [0.25, 0.3) is 0 Å². The number of hydrogen-bond acceptors (Lipinski definition) is 6. The minimum Gasteiger partial charge on any atom is -0.469 e. The van der Waals surface area contributed by atoms with Crippen LogP contribution < -0.4 is 0 Å². The fourth-order valence-corrected chi connectivity index (χ4v) is 11.3. The number of carbonyl (C=O) groups excluding carboxylic acids is 4. The van der Waals surface area contributed by atoms with Crippen LogP contribution >= 0.6 is 0 Å². The summed E-state index contributed by atoms with van der Waals surface area (Å²) in [5.74, 6) is -1.21. The number of esters is 2. The van der Waals surface area contributed by atoms with E-state index in [4.69, 9.17) is 9.47 Å². The highest BCUT2D eigenvalue weighted by Crippen LogP contribution is 2.76. The molecule has 5 aliphatic carbocycles. The fourth-order valence-electron chi connectivity index (χ4n) is 11.3. The molecule has 6 heteroatoms. The Hall–Kier alpha value is -2.76. The zero-order valence-electron chi connectivity index (χ0n) is 27.7. The minimum absolute atomic E-state index is 0.0288. The van der Waals surface area contributed by atoms with Crippen LogP contribution in [-0.4, -0.2) is 30.6 Å². The number of allylic oxidation sites excluding steroid dienone is 2. The van der Waals surface area contributed by atoms with E-state index in [0.29, 0.717) is 32.1 Å². The van der Waals surface area contributed by atoms with Crippen LogP contribution in [0, 0.1) is 50.2 Å². The summed E-state index contributed by atoms with van der Waals surface area (Å²) < 4.78 is 11.5. The van der Waals surface area contributed by atoms with Crippen LogP contribution in [0.3, 0.4) is 0 Å². The molecule has 3 unspecified atom stereocenters. The van der Waals surface area contributed by atoms with Gasteiger partial charge in [-0.3, -0.25) is 19.2 Å². The summed E-state index contributed by atoms with van der Waals surface area (Å²) in [6.45, 7) is 13.3. The van der Waals surface area contributed by atoms with E-state index in [9.17, 15) is 19.2 Å². The molecule has 8 atom stereocenters. The molecular weight excluding hydrogens is 552 g/mol. The smallest absolute Gasteiger partial charge is 0.314 e. The maximum atomic E-state index is 14.7. The number of methoxy groups -OCH3 is 1. The number of fused-ring (bicyclic) bond motifs is 7. The lowest BCUT2D eigenvalue weighted by Gasteiger charge is -2.70. The second-order valence-electron chi connectivity index (χ2n) is 16.4. The molecule has 6 rings (SSSR count). The summed E-state index contributed by atoms with van der Waals surface area (Å²) in [6, 6.07) is 9.65. The third-order valence-electron chi connectivity index (χ3n) is 14.2. The molecule has 0 bridgehead atoms. The third kappa shape index (κ3) is 3.97. The molecule has 0 aromatic heterocycles. The van der Waals surface area contributed by atoms with E-state index in [1.165, 1.54) is 7.11 Å². The molecule has 4 saturated carbocycles. The van der Waals surface area contributed by atoms with Gasteiger partial charge in [-0.1, -0.05) is 77.4 Å². The van der Waals surface area contributed by atoms with Crippen LogP contribution in [0.2, 0.25) is 0 Å². The molecule has 0 heterocycles. The molecule has 0 spiro atoms. The lowest BCUT2D eigenvalue weighted by Crippen LogP contribution is -2.68. The van der Waals surface area contributed by atoms with Crippen molar-refractivity contribution in [2.75, 3.05) is 7.11 Å². The maximum Gasteiger partial charge on any atom is 0.314 e. The topological polar surface area (TPSA) is 86.7 Å². The molecular formula is C38H50O6. The molecule has 0 amide bonds. The van der Waals surface area contributed by atoms with Gasteiger partial charge in [-0.05, 0) is 85.2 Å². The van der Waals surface area contributed by atoms with Crippen molar-refractivity contribution < 1.29 is 28.7 Å². The van der Waals surface area contributed by atoms with Crippen molar-refractivity contribution in [1.29, 1.82) is 0 Å². The summed E-state index contributed by atoms with van der Waals surface area (Å²) >= 11 is 0. The Labute approximate surface area is 262 Å². The molecule has 0 N–H and O–H groups in total. The van der Waals surface area contributed by atoms with Crippen LogP contribution in [0.25, 0.3) is 0 Å². The van der Waals surface area contributed by atoms with E-state index in [-0.39, 0.29) is 52.8 Å². The van der Waals surface area contributed by atoms with Gasteiger partial charge in [-0.15, -0.1) is 0 Å². The number of carbonyl (C=O) groups is 4. The number of Topliss-reactive ketones (excluding diaryl/α,β-unsaturated/α-hetero) is 1. The molecule has 5 aliphatic rings. The van der Waals surface area contributed by atoms with Gasteiger partial charge >= 0.3 is 11.9 Å². The molecule has 238 valence electrons. The summed E-state index contributed by atoms with van der Waals surface area (Å²) in [7, 11) is 1.48. The van der Waals surface area contributed by atoms with Gasteiger partial charge < -0.3 is 9.47 Å². The quantitative estimate of drug-likeness (QED) is 0.333. The molecule has 4 fully saturated rings. The van der Waals surface area contributed by atoms with Crippen LogP contribution in [0.5, 0.6) is 0 Å². The van der Waals surface area contributed by atoms with Gasteiger partial charge in [0.05, 0.1) is 17.9 Å². The van der Waals surface area contributed by atoms with E-state index in [1.54, 1.807) is 0 Å². The van der Waals surface area contributed by atoms with Crippen LogP contribution in [0.4, 0.5) is 0 Å². The predicted octanol–water partition coefficient (Wildman–Crippen LogP) is 7.43. The Morgan fingerprint density at radius 1 is 0.841 bits per heavy atom. The van der Waals surface area contributed by atoms with Crippen LogP contribution in [-0.2, 0) is 35.3 Å². The van der Waals surface area contributed by atoms with Crippen molar-refractivity contribution in [3.05, 3.63) is 47.5 Å². The lowest BCUT2D eigenvalue weighted by molar-refractivity contribution is -0.204. The average molecular weight is 603 g/mol. The molecule has 0 radical (unpaired) electrons. The monoisotopic (exact) mass is 602 g/mol. The van der Waals surface area contributed by atoms with Gasteiger partial charge in [-0.2, -0.15) is 0 Å². The first-order valence-corrected chi connectivity index (χ1v) is 16.7. The summed E-state index contributed by atoms with van der Waals surface area (Å²) in [4.78, 5) is 56.0. The Morgan fingerprint density at radius 2 is 1.52 bits per heavy atom. The normalized spacial score (nSPS) is 42.5. The standard InChI is InChI=1S/C38H50O6/c1-24-27(39)13-14-35(5)29-21-28(40)30-26-22-33(2,3)15-18-37(26,31(41)43-7)19-16-36(30,6)34(29,4)17-20-38(24,35)32(42)44-23-25-11-9-8-10-12-25/h8-12,21,24,26,30H,13-20,22-23H2,1-7H3/t24-,26?,30?,34-,35-,36-,37+,38?/m1/s1. The summed E-state index contributed by atoms with van der Waals surface area (Å²) in [6.07, 6.45) is 7.96. The molecule has 1 aromatic carbocycles. The minimum atomic E-state index is -1.04. The highest BCUT2D eigenvalue weighted by atomic mass is 16.5. The van der Waals surface area contributed by atoms with Crippen molar-refractivity contribution in [2.45, 2.75) is 106 Å². The zero-order chi connectivity index (χ0) is 31.9. The summed E-state index contributed by atoms with van der Waals surface area (Å²) in [5, 5.41) is 0. The molecule has 0 saturated heterocycles. The number of rotatable bonds is 4. The van der Waals surface area contributed by atoms with Gasteiger partial charge in [0, 0.05) is 23.7 Å². The van der Waals surface area contributed by atoms with Crippen LogP contribution in [0.15, 0.2) is 42.0 Å². The van der Waals surface area contributed by atoms with E-state index in [2.05, 4.69) is 34.6 Å². The second kappa shape index (κ2) is 10.1. The van der Waals surface area contributed by atoms with Crippen molar-refractivity contribution in [3.63, 3.8) is 0 Å². The first-order chi connectivity index (χ1) is 20.6. The van der Waals surface area contributed by atoms with Crippen molar-refractivity contribution in [2.24, 2.45) is 50.2 Å². The van der Waals surface area contributed by atoms with Gasteiger partial charge in [0.15, 0.2) is 5.78 Å². The van der Waals surface area contributed by atoms with Gasteiger partial charge in [-0.25, -0.2) is 0 Å². The number of hydrogen-bond donors (Lipinski definition) is 0. The van der Waals surface area contributed by atoms with E-state index < -0.39 is 27.6 Å². The maximum absolute atomic E-state index is 14.7. The summed E-state index contributed by atoms with van der Waals surface area (Å²) in [5.41, 5.74) is -1.18.